The van der Waals surface area contributed by atoms with Crippen molar-refractivity contribution >= 4 is 46.4 Å². The van der Waals surface area contributed by atoms with Crippen LogP contribution in [0, 0.1) is 0 Å². The molecule has 0 spiro atoms. The first-order valence-electron chi connectivity index (χ1n) is 8.25. The van der Waals surface area contributed by atoms with Crippen molar-refractivity contribution in [3.8, 4) is 0 Å². The van der Waals surface area contributed by atoms with Gasteiger partial charge in [0.1, 0.15) is 0 Å². The summed E-state index contributed by atoms with van der Waals surface area (Å²) >= 11 is 11.1. The molecule has 0 aromatic heterocycles. The number of anilines is 1. The Labute approximate surface area is 168 Å². The van der Waals surface area contributed by atoms with Gasteiger partial charge in [-0.2, -0.15) is 0 Å². The number of hydrogen-bond donors (Lipinski definition) is 3. The smallest absolute Gasteiger partial charge is 0.257 e. The second kappa shape index (κ2) is 10.6. The first-order chi connectivity index (χ1) is 13.0. The van der Waals surface area contributed by atoms with Crippen LogP contribution in [0.5, 0.6) is 0 Å². The molecule has 142 valence electrons. The predicted octanol–water partition coefficient (Wildman–Crippen LogP) is 3.23. The van der Waals surface area contributed by atoms with Crippen molar-refractivity contribution in [2.75, 3.05) is 25.6 Å². The first kappa shape index (κ1) is 20.8. The fourth-order valence-electron chi connectivity index (χ4n) is 2.26. The summed E-state index contributed by atoms with van der Waals surface area (Å²) in [7, 11) is 1.61. The van der Waals surface area contributed by atoms with Crippen LogP contribution in [0.3, 0.4) is 0 Å². The van der Waals surface area contributed by atoms with Crippen molar-refractivity contribution in [1.82, 2.24) is 10.6 Å². The molecule has 0 atom stereocenters. The lowest BCUT2D eigenvalue weighted by molar-refractivity contribution is 0.0947. The van der Waals surface area contributed by atoms with Crippen LogP contribution in [0.2, 0.25) is 5.02 Å². The number of halogens is 1. The molecular formula is C19H20ClN3O3S. The number of nitrogens with one attached hydrogen (secondary N) is 3. The van der Waals surface area contributed by atoms with Gasteiger partial charge in [-0.05, 0) is 49.0 Å². The molecule has 0 heterocycles. The maximum absolute atomic E-state index is 12.4. The van der Waals surface area contributed by atoms with Crippen LogP contribution < -0.4 is 16.0 Å². The molecule has 2 rings (SSSR count). The van der Waals surface area contributed by atoms with E-state index in [9.17, 15) is 9.59 Å². The number of hydrogen-bond acceptors (Lipinski definition) is 4. The van der Waals surface area contributed by atoms with Crippen LogP contribution >= 0.6 is 23.8 Å². The largest absolute Gasteiger partial charge is 0.385 e. The van der Waals surface area contributed by atoms with Crippen molar-refractivity contribution < 1.29 is 14.3 Å². The predicted molar refractivity (Wildman–Crippen MR) is 110 cm³/mol. The van der Waals surface area contributed by atoms with Gasteiger partial charge in [0.2, 0.25) is 0 Å². The molecule has 0 unspecified atom stereocenters. The highest BCUT2D eigenvalue weighted by Crippen LogP contribution is 2.15. The standard InChI is InChI=1S/C19H20ClN3O3S/c1-26-11-5-10-21-18(25)15-8-2-3-9-16(15)22-19(27)23-17(24)13-6-4-7-14(20)12-13/h2-4,6-9,12H,5,10-11H2,1H3,(H,21,25)(H2,22,23,24,27). The van der Waals surface area contributed by atoms with Crippen LogP contribution in [0.4, 0.5) is 5.69 Å². The molecule has 0 aliphatic heterocycles. The van der Waals surface area contributed by atoms with E-state index < -0.39 is 5.91 Å². The lowest BCUT2D eigenvalue weighted by Gasteiger charge is -2.13. The molecule has 6 nitrogen and oxygen atoms in total. The van der Waals surface area contributed by atoms with Gasteiger partial charge < -0.3 is 15.4 Å². The summed E-state index contributed by atoms with van der Waals surface area (Å²) in [4.78, 5) is 24.6. The van der Waals surface area contributed by atoms with Gasteiger partial charge in [-0.1, -0.05) is 29.8 Å². The maximum atomic E-state index is 12.4. The van der Waals surface area contributed by atoms with E-state index in [-0.39, 0.29) is 11.0 Å². The number of thiocarbonyl (C=S) groups is 1. The quantitative estimate of drug-likeness (QED) is 0.487. The average molecular weight is 406 g/mol. The van der Waals surface area contributed by atoms with E-state index in [1.807, 2.05) is 0 Å². The molecule has 27 heavy (non-hydrogen) atoms. The number of rotatable bonds is 7. The fraction of sp³-hybridized carbons (Fsp3) is 0.211. The molecule has 2 aromatic rings. The third kappa shape index (κ3) is 6.63. The molecule has 8 heteroatoms. The lowest BCUT2D eigenvalue weighted by atomic mass is 10.1. The van der Waals surface area contributed by atoms with Crippen LogP contribution in [0.1, 0.15) is 27.1 Å². The lowest BCUT2D eigenvalue weighted by Crippen LogP contribution is -2.35. The van der Waals surface area contributed by atoms with Crippen LogP contribution in [0.25, 0.3) is 0 Å². The molecule has 2 aromatic carbocycles. The Morgan fingerprint density at radius 3 is 2.63 bits per heavy atom. The van der Waals surface area contributed by atoms with E-state index >= 15 is 0 Å². The zero-order valence-corrected chi connectivity index (χ0v) is 16.3. The number of ether oxygens (including phenoxy) is 1. The summed E-state index contributed by atoms with van der Waals surface area (Å²) in [6.07, 6.45) is 0.714. The molecule has 0 bridgehead atoms. The topological polar surface area (TPSA) is 79.5 Å². The zero-order chi connectivity index (χ0) is 19.6. The fourth-order valence-corrected chi connectivity index (χ4v) is 2.66. The molecule has 0 fully saturated rings. The number of methoxy groups -OCH3 is 1. The molecule has 2 amide bonds. The number of para-hydroxylation sites is 1. The third-order valence-corrected chi connectivity index (χ3v) is 3.98. The number of carbonyl (C=O) groups is 2. The van der Waals surface area contributed by atoms with E-state index in [2.05, 4.69) is 16.0 Å². The second-order valence-electron chi connectivity index (χ2n) is 5.57. The van der Waals surface area contributed by atoms with Crippen LogP contribution in [-0.4, -0.2) is 37.2 Å². The summed E-state index contributed by atoms with van der Waals surface area (Å²) in [6.45, 7) is 1.07. The van der Waals surface area contributed by atoms with Gasteiger partial charge in [-0.3, -0.25) is 14.9 Å². The number of benzene rings is 2. The molecule has 0 aliphatic rings. The van der Waals surface area contributed by atoms with Crippen molar-refractivity contribution in [1.29, 1.82) is 0 Å². The Hall–Kier alpha value is -2.48. The minimum absolute atomic E-state index is 0.0830. The summed E-state index contributed by atoms with van der Waals surface area (Å²) in [5.74, 6) is -0.630. The van der Waals surface area contributed by atoms with Gasteiger partial charge >= 0.3 is 0 Å². The number of amides is 2. The van der Waals surface area contributed by atoms with E-state index in [4.69, 9.17) is 28.6 Å². The van der Waals surface area contributed by atoms with E-state index in [0.717, 1.165) is 0 Å². The SMILES string of the molecule is COCCCNC(=O)c1ccccc1NC(=S)NC(=O)c1cccc(Cl)c1. The molecule has 0 aliphatic carbocycles. The molecule has 0 saturated carbocycles. The molecular weight excluding hydrogens is 386 g/mol. The van der Waals surface area contributed by atoms with Gasteiger partial charge in [0, 0.05) is 30.8 Å². The minimum Gasteiger partial charge on any atom is -0.385 e. The molecule has 0 radical (unpaired) electrons. The van der Waals surface area contributed by atoms with E-state index in [1.54, 1.807) is 55.6 Å². The highest BCUT2D eigenvalue weighted by Gasteiger charge is 2.13. The Balaban J connectivity index is 1.99. The highest BCUT2D eigenvalue weighted by atomic mass is 35.5. The molecule has 0 saturated heterocycles. The van der Waals surface area contributed by atoms with Gasteiger partial charge in [-0.25, -0.2) is 0 Å². The van der Waals surface area contributed by atoms with Gasteiger partial charge in [-0.15, -0.1) is 0 Å². The zero-order valence-electron chi connectivity index (χ0n) is 14.8. The molecule has 3 N–H and O–H groups in total. The van der Waals surface area contributed by atoms with Crippen molar-refractivity contribution in [2.45, 2.75) is 6.42 Å². The summed E-state index contributed by atoms with van der Waals surface area (Å²) in [5.41, 5.74) is 1.31. The maximum Gasteiger partial charge on any atom is 0.257 e. The Bertz CT molecular complexity index is 829. The summed E-state index contributed by atoms with van der Waals surface area (Å²) < 4.78 is 4.96. The highest BCUT2D eigenvalue weighted by molar-refractivity contribution is 7.80. The average Bonchev–Trinajstić information content (AvgIpc) is 2.65. The number of carbonyl (C=O) groups excluding carboxylic acids is 2. The van der Waals surface area contributed by atoms with Gasteiger partial charge in [0.25, 0.3) is 11.8 Å². The van der Waals surface area contributed by atoms with Gasteiger partial charge in [0.05, 0.1) is 11.3 Å². The summed E-state index contributed by atoms with van der Waals surface area (Å²) in [5, 5.41) is 8.82. The Kier molecular flexibility index (Phi) is 8.19. The summed E-state index contributed by atoms with van der Waals surface area (Å²) in [6, 6.07) is 13.4. The first-order valence-corrected chi connectivity index (χ1v) is 9.04. The monoisotopic (exact) mass is 405 g/mol. The van der Waals surface area contributed by atoms with E-state index in [0.29, 0.717) is 41.4 Å². The normalized spacial score (nSPS) is 10.1. The van der Waals surface area contributed by atoms with Crippen molar-refractivity contribution in [3.63, 3.8) is 0 Å². The van der Waals surface area contributed by atoms with Gasteiger partial charge in [0.15, 0.2) is 5.11 Å². The van der Waals surface area contributed by atoms with E-state index in [1.165, 1.54) is 0 Å². The van der Waals surface area contributed by atoms with Crippen LogP contribution in [-0.2, 0) is 4.74 Å². The minimum atomic E-state index is -0.392. The Morgan fingerprint density at radius 2 is 1.89 bits per heavy atom. The van der Waals surface area contributed by atoms with Crippen LogP contribution in [0.15, 0.2) is 48.5 Å². The second-order valence-corrected chi connectivity index (χ2v) is 6.41. The van der Waals surface area contributed by atoms with Crippen molar-refractivity contribution in [3.05, 3.63) is 64.7 Å². The van der Waals surface area contributed by atoms with Crippen molar-refractivity contribution in [2.24, 2.45) is 0 Å². The third-order valence-electron chi connectivity index (χ3n) is 3.54. The Morgan fingerprint density at radius 1 is 1.11 bits per heavy atom.